The summed E-state index contributed by atoms with van der Waals surface area (Å²) in [6.45, 7) is 1.98. The molecule has 0 aromatic heterocycles. The number of hydrogen-bond donors (Lipinski definition) is 2. The first-order valence-corrected chi connectivity index (χ1v) is 10.2. The Labute approximate surface area is 154 Å². The number of thiocarbonyl (C=S) groups is 1. The quantitative estimate of drug-likeness (QED) is 0.766. The maximum absolute atomic E-state index is 12.8. The highest BCUT2D eigenvalue weighted by Crippen LogP contribution is 2.42. The normalized spacial score (nSPS) is 31.5. The SMILES string of the molecule is Cc1cccc(NC(=O)C2SC(=S)N3C4CCSC4C(=O)NC23)c1. The van der Waals surface area contributed by atoms with E-state index >= 15 is 0 Å². The van der Waals surface area contributed by atoms with Gasteiger partial charge in [0.2, 0.25) is 11.8 Å². The first-order chi connectivity index (χ1) is 11.5. The third-order valence-corrected chi connectivity index (χ3v) is 7.53. The number of thioether (sulfide) groups is 2. The van der Waals surface area contributed by atoms with Crippen LogP contribution in [-0.4, -0.2) is 49.5 Å². The second-order valence-electron chi connectivity index (χ2n) is 6.17. The van der Waals surface area contributed by atoms with Crippen molar-refractivity contribution in [3.05, 3.63) is 29.8 Å². The summed E-state index contributed by atoms with van der Waals surface area (Å²) in [6.07, 6.45) is 0.589. The lowest BCUT2D eigenvalue weighted by molar-refractivity contribution is -0.126. The summed E-state index contributed by atoms with van der Waals surface area (Å²) in [4.78, 5) is 27.2. The largest absolute Gasteiger partial charge is 0.333 e. The molecule has 126 valence electrons. The lowest BCUT2D eigenvalue weighted by Gasteiger charge is -2.40. The zero-order chi connectivity index (χ0) is 16.8. The monoisotopic (exact) mass is 379 g/mol. The van der Waals surface area contributed by atoms with E-state index in [4.69, 9.17) is 12.2 Å². The molecule has 3 saturated heterocycles. The number of hydrogen-bond acceptors (Lipinski definition) is 5. The van der Waals surface area contributed by atoms with E-state index in [1.54, 1.807) is 11.8 Å². The molecule has 3 aliphatic heterocycles. The van der Waals surface area contributed by atoms with Crippen molar-refractivity contribution in [3.63, 3.8) is 0 Å². The molecule has 3 heterocycles. The summed E-state index contributed by atoms with van der Waals surface area (Å²) in [6, 6.07) is 7.80. The molecule has 5 nitrogen and oxygen atoms in total. The van der Waals surface area contributed by atoms with Crippen molar-refractivity contribution in [2.45, 2.75) is 36.1 Å². The van der Waals surface area contributed by atoms with Gasteiger partial charge in [-0.2, -0.15) is 0 Å². The van der Waals surface area contributed by atoms with Crippen molar-refractivity contribution in [2.24, 2.45) is 0 Å². The van der Waals surface area contributed by atoms with Gasteiger partial charge in [0, 0.05) is 5.69 Å². The molecule has 4 atom stereocenters. The smallest absolute Gasteiger partial charge is 0.242 e. The van der Waals surface area contributed by atoms with Crippen LogP contribution in [0.4, 0.5) is 5.69 Å². The van der Waals surface area contributed by atoms with Crippen molar-refractivity contribution in [3.8, 4) is 0 Å². The second kappa shape index (κ2) is 6.24. The molecule has 24 heavy (non-hydrogen) atoms. The molecular weight excluding hydrogens is 362 g/mol. The minimum atomic E-state index is -0.423. The molecule has 2 amide bonds. The minimum absolute atomic E-state index is 0.0300. The van der Waals surface area contributed by atoms with Gasteiger partial charge in [-0.25, -0.2) is 0 Å². The van der Waals surface area contributed by atoms with E-state index in [1.807, 2.05) is 31.2 Å². The molecule has 2 N–H and O–H groups in total. The fourth-order valence-corrected chi connectivity index (χ4v) is 6.44. The Morgan fingerprint density at radius 2 is 2.29 bits per heavy atom. The Kier molecular flexibility index (Phi) is 4.22. The molecule has 0 bridgehead atoms. The fraction of sp³-hybridized carbons (Fsp3) is 0.438. The van der Waals surface area contributed by atoms with E-state index in [2.05, 4.69) is 15.5 Å². The highest BCUT2D eigenvalue weighted by atomic mass is 32.2. The molecule has 3 aliphatic rings. The Hall–Kier alpha value is -1.25. The van der Waals surface area contributed by atoms with Crippen molar-refractivity contribution in [1.29, 1.82) is 0 Å². The number of carbonyl (C=O) groups excluding carboxylic acids is 2. The van der Waals surface area contributed by atoms with Gasteiger partial charge < -0.3 is 15.5 Å². The van der Waals surface area contributed by atoms with Crippen LogP contribution in [0, 0.1) is 6.92 Å². The highest BCUT2D eigenvalue weighted by Gasteiger charge is 2.54. The van der Waals surface area contributed by atoms with Crippen LogP contribution >= 0.6 is 35.7 Å². The number of nitrogens with zero attached hydrogens (tertiary/aromatic N) is 1. The minimum Gasteiger partial charge on any atom is -0.333 e. The van der Waals surface area contributed by atoms with Gasteiger partial charge in [0.25, 0.3) is 0 Å². The summed E-state index contributed by atoms with van der Waals surface area (Å²) in [5, 5.41) is 5.46. The van der Waals surface area contributed by atoms with Crippen LogP contribution in [0.1, 0.15) is 12.0 Å². The van der Waals surface area contributed by atoms with Crippen molar-refractivity contribution < 1.29 is 9.59 Å². The van der Waals surface area contributed by atoms with Crippen LogP contribution in [-0.2, 0) is 9.59 Å². The number of aryl methyl sites for hydroxylation is 1. The molecule has 1 aromatic rings. The standard InChI is InChI=1S/C16H17N3O2S3/c1-8-3-2-4-9(7-8)17-15(21)12-13-18-14(20)11-10(5-6-23-11)19(13)16(22)24-12/h2-4,7,10-13H,5-6H2,1H3,(H,17,21)(H,18,20). The molecular formula is C16H17N3O2S3. The second-order valence-corrected chi connectivity index (χ2v) is 9.20. The Morgan fingerprint density at radius 3 is 3.08 bits per heavy atom. The third kappa shape index (κ3) is 2.70. The zero-order valence-corrected chi connectivity index (χ0v) is 15.5. The van der Waals surface area contributed by atoms with Crippen LogP contribution in [0.3, 0.4) is 0 Å². The van der Waals surface area contributed by atoms with Gasteiger partial charge in [0.15, 0.2) is 0 Å². The average Bonchev–Trinajstić information content (AvgIpc) is 3.12. The lowest BCUT2D eigenvalue weighted by atomic mass is 10.0. The molecule has 8 heteroatoms. The first-order valence-electron chi connectivity index (χ1n) is 7.83. The van der Waals surface area contributed by atoms with Crippen LogP contribution in [0.5, 0.6) is 0 Å². The summed E-state index contributed by atoms with van der Waals surface area (Å²) >= 11 is 8.56. The Bertz CT molecular complexity index is 726. The van der Waals surface area contributed by atoms with Crippen molar-refractivity contribution in [2.75, 3.05) is 11.1 Å². The lowest BCUT2D eigenvalue weighted by Crippen LogP contribution is -2.64. The van der Waals surface area contributed by atoms with Gasteiger partial charge in [-0.15, -0.1) is 11.8 Å². The van der Waals surface area contributed by atoms with Gasteiger partial charge in [-0.1, -0.05) is 36.1 Å². The maximum Gasteiger partial charge on any atom is 0.242 e. The summed E-state index contributed by atoms with van der Waals surface area (Å²) in [5.74, 6) is 0.867. The van der Waals surface area contributed by atoms with E-state index in [0.717, 1.165) is 23.4 Å². The van der Waals surface area contributed by atoms with E-state index < -0.39 is 5.25 Å². The molecule has 0 spiro atoms. The predicted molar refractivity (Wildman–Crippen MR) is 102 cm³/mol. The van der Waals surface area contributed by atoms with Crippen molar-refractivity contribution in [1.82, 2.24) is 10.2 Å². The van der Waals surface area contributed by atoms with Crippen LogP contribution < -0.4 is 10.6 Å². The number of carbonyl (C=O) groups is 2. The first kappa shape index (κ1) is 16.2. The van der Waals surface area contributed by atoms with Gasteiger partial charge in [-0.05, 0) is 36.8 Å². The molecule has 1 aromatic carbocycles. The molecule has 0 radical (unpaired) electrons. The molecule has 0 aliphatic carbocycles. The number of rotatable bonds is 2. The van der Waals surface area contributed by atoms with Crippen molar-refractivity contribution >= 4 is 57.6 Å². The van der Waals surface area contributed by atoms with E-state index in [-0.39, 0.29) is 29.3 Å². The third-order valence-electron chi connectivity index (χ3n) is 4.54. The number of benzene rings is 1. The van der Waals surface area contributed by atoms with Gasteiger partial charge in [0.05, 0.1) is 6.04 Å². The molecule has 4 rings (SSSR count). The van der Waals surface area contributed by atoms with Gasteiger partial charge in [0.1, 0.15) is 21.0 Å². The predicted octanol–water partition coefficient (Wildman–Crippen LogP) is 1.97. The van der Waals surface area contributed by atoms with Crippen LogP contribution in [0.25, 0.3) is 0 Å². The van der Waals surface area contributed by atoms with Crippen LogP contribution in [0.2, 0.25) is 0 Å². The Balaban J connectivity index is 1.55. The molecule has 4 unspecified atom stereocenters. The number of anilines is 1. The maximum atomic E-state index is 12.8. The van der Waals surface area contributed by atoms with E-state index in [9.17, 15) is 9.59 Å². The molecule has 3 fully saturated rings. The fourth-order valence-electron chi connectivity index (χ4n) is 3.45. The summed E-state index contributed by atoms with van der Waals surface area (Å²) in [7, 11) is 0. The Morgan fingerprint density at radius 1 is 1.46 bits per heavy atom. The summed E-state index contributed by atoms with van der Waals surface area (Å²) in [5.41, 5.74) is 1.85. The van der Waals surface area contributed by atoms with E-state index in [1.165, 1.54) is 11.8 Å². The number of fused-ring (bicyclic) bond motifs is 3. The summed E-state index contributed by atoms with van der Waals surface area (Å²) < 4.78 is 0.710. The molecule has 0 saturated carbocycles. The average molecular weight is 380 g/mol. The van der Waals surface area contributed by atoms with Crippen LogP contribution in [0.15, 0.2) is 24.3 Å². The van der Waals surface area contributed by atoms with Gasteiger partial charge >= 0.3 is 0 Å². The highest BCUT2D eigenvalue weighted by molar-refractivity contribution is 8.24. The zero-order valence-electron chi connectivity index (χ0n) is 13.0. The topological polar surface area (TPSA) is 61.4 Å². The van der Waals surface area contributed by atoms with E-state index in [0.29, 0.717) is 4.32 Å². The van der Waals surface area contributed by atoms with Gasteiger partial charge in [-0.3, -0.25) is 9.59 Å². The number of nitrogens with one attached hydrogen (secondary N) is 2. The number of amides is 2.